The van der Waals surface area contributed by atoms with Crippen molar-refractivity contribution in [3.05, 3.63) is 71.5 Å². The lowest BCUT2D eigenvalue weighted by molar-refractivity contribution is 0.625. The van der Waals surface area contributed by atoms with Crippen LogP contribution in [-0.4, -0.2) is 19.0 Å². The number of nitrogens with zero attached hydrogens (tertiary/aromatic N) is 1. The van der Waals surface area contributed by atoms with Crippen molar-refractivity contribution in [1.82, 2.24) is 10.6 Å². The Kier molecular flexibility index (Phi) is 9.28. The minimum atomic E-state index is -0.227. The summed E-state index contributed by atoms with van der Waals surface area (Å²) in [6.45, 7) is 4.08. The first-order chi connectivity index (χ1) is 10.8. The van der Waals surface area contributed by atoms with Crippen LogP contribution in [0.1, 0.15) is 18.1 Å². The second-order valence-electron chi connectivity index (χ2n) is 4.99. The largest absolute Gasteiger partial charge is 0.357 e. The van der Waals surface area contributed by atoms with Crippen LogP contribution in [0.3, 0.4) is 0 Å². The van der Waals surface area contributed by atoms with E-state index in [1.54, 1.807) is 6.07 Å². The molecule has 0 saturated carbocycles. The molecule has 23 heavy (non-hydrogen) atoms. The second-order valence-corrected chi connectivity index (χ2v) is 4.99. The summed E-state index contributed by atoms with van der Waals surface area (Å²) in [7, 11) is 0. The molecule has 5 heteroatoms. The van der Waals surface area contributed by atoms with Gasteiger partial charge in [-0.2, -0.15) is 0 Å². The lowest BCUT2D eigenvalue weighted by Gasteiger charge is -2.11. The van der Waals surface area contributed by atoms with Crippen LogP contribution in [0.4, 0.5) is 4.39 Å². The van der Waals surface area contributed by atoms with E-state index in [9.17, 15) is 4.39 Å². The van der Waals surface area contributed by atoms with Gasteiger partial charge in [-0.05, 0) is 36.6 Å². The van der Waals surface area contributed by atoms with Crippen molar-refractivity contribution in [2.45, 2.75) is 19.9 Å². The molecule has 124 valence electrons. The van der Waals surface area contributed by atoms with Crippen molar-refractivity contribution in [2.75, 3.05) is 13.1 Å². The van der Waals surface area contributed by atoms with E-state index >= 15 is 0 Å². The van der Waals surface area contributed by atoms with E-state index in [-0.39, 0.29) is 29.8 Å². The zero-order valence-corrected chi connectivity index (χ0v) is 15.6. The molecule has 2 aromatic carbocycles. The zero-order chi connectivity index (χ0) is 15.6. The third-order valence-electron chi connectivity index (χ3n) is 3.20. The van der Waals surface area contributed by atoms with Crippen molar-refractivity contribution in [3.63, 3.8) is 0 Å². The fraction of sp³-hybridized carbons (Fsp3) is 0.278. The molecule has 0 amide bonds. The number of hydrogen-bond donors (Lipinski definition) is 2. The van der Waals surface area contributed by atoms with Crippen LogP contribution in [-0.2, 0) is 13.0 Å². The van der Waals surface area contributed by atoms with Gasteiger partial charge in [0.25, 0.3) is 0 Å². The topological polar surface area (TPSA) is 36.4 Å². The molecular weight excluding hydrogens is 404 g/mol. The van der Waals surface area contributed by atoms with E-state index in [2.05, 4.69) is 27.8 Å². The van der Waals surface area contributed by atoms with E-state index in [0.29, 0.717) is 6.54 Å². The smallest absolute Gasteiger partial charge is 0.191 e. The van der Waals surface area contributed by atoms with E-state index in [4.69, 9.17) is 0 Å². The molecule has 0 unspecified atom stereocenters. The summed E-state index contributed by atoms with van der Waals surface area (Å²) in [5.74, 6) is 0.525. The van der Waals surface area contributed by atoms with Gasteiger partial charge in [0.05, 0.1) is 6.54 Å². The van der Waals surface area contributed by atoms with Crippen LogP contribution < -0.4 is 10.6 Å². The number of halogens is 2. The fourth-order valence-electron chi connectivity index (χ4n) is 2.12. The van der Waals surface area contributed by atoms with Crippen LogP contribution >= 0.6 is 24.0 Å². The number of guanidine groups is 1. The van der Waals surface area contributed by atoms with Gasteiger partial charge in [0.2, 0.25) is 0 Å². The van der Waals surface area contributed by atoms with Gasteiger partial charge in [-0.1, -0.05) is 42.5 Å². The van der Waals surface area contributed by atoms with Gasteiger partial charge >= 0.3 is 0 Å². The van der Waals surface area contributed by atoms with Gasteiger partial charge < -0.3 is 10.6 Å². The van der Waals surface area contributed by atoms with Crippen molar-refractivity contribution >= 4 is 29.9 Å². The number of hydrogen-bond acceptors (Lipinski definition) is 1. The van der Waals surface area contributed by atoms with E-state index in [0.717, 1.165) is 31.0 Å². The molecule has 2 N–H and O–H groups in total. The van der Waals surface area contributed by atoms with Gasteiger partial charge in [0.1, 0.15) is 5.82 Å². The molecule has 0 heterocycles. The first-order valence-corrected chi connectivity index (χ1v) is 7.58. The highest BCUT2D eigenvalue weighted by molar-refractivity contribution is 14.0. The molecule has 3 nitrogen and oxygen atoms in total. The maximum Gasteiger partial charge on any atom is 0.191 e. The Hall–Kier alpha value is -1.63. The Morgan fingerprint density at radius 3 is 2.43 bits per heavy atom. The molecule has 0 aliphatic carbocycles. The van der Waals surface area contributed by atoms with Crippen LogP contribution in [0.15, 0.2) is 59.6 Å². The quantitative estimate of drug-likeness (QED) is 0.419. The van der Waals surface area contributed by atoms with Crippen molar-refractivity contribution in [2.24, 2.45) is 4.99 Å². The summed E-state index contributed by atoms with van der Waals surface area (Å²) in [5.41, 5.74) is 2.15. The first kappa shape index (κ1) is 19.4. The van der Waals surface area contributed by atoms with Crippen LogP contribution in [0.2, 0.25) is 0 Å². The van der Waals surface area contributed by atoms with E-state index in [1.165, 1.54) is 17.7 Å². The molecule has 0 aliphatic rings. The number of nitrogens with one attached hydrogen (secondary N) is 2. The molecule has 0 fully saturated rings. The van der Waals surface area contributed by atoms with Gasteiger partial charge in [-0.25, -0.2) is 9.38 Å². The minimum absolute atomic E-state index is 0. The van der Waals surface area contributed by atoms with Crippen LogP contribution in [0.5, 0.6) is 0 Å². The molecule has 0 bridgehead atoms. The minimum Gasteiger partial charge on any atom is -0.357 e. The van der Waals surface area contributed by atoms with Crippen molar-refractivity contribution in [1.29, 1.82) is 0 Å². The Morgan fingerprint density at radius 2 is 1.74 bits per heavy atom. The van der Waals surface area contributed by atoms with Crippen molar-refractivity contribution in [3.8, 4) is 0 Å². The maximum atomic E-state index is 13.2. The Labute approximate surface area is 154 Å². The SMILES string of the molecule is CCNC(=NCc1cccc(F)c1)NCCc1ccccc1.I. The van der Waals surface area contributed by atoms with Gasteiger partial charge in [0, 0.05) is 13.1 Å². The molecule has 2 rings (SSSR count). The molecule has 0 aromatic heterocycles. The number of rotatable bonds is 6. The highest BCUT2D eigenvalue weighted by atomic mass is 127. The average Bonchev–Trinajstić information content (AvgIpc) is 2.54. The third kappa shape index (κ3) is 7.45. The Balaban J connectivity index is 0.00000264. The molecule has 0 aliphatic heterocycles. The first-order valence-electron chi connectivity index (χ1n) is 7.58. The summed E-state index contributed by atoms with van der Waals surface area (Å²) in [6, 6.07) is 16.8. The molecule has 0 atom stereocenters. The zero-order valence-electron chi connectivity index (χ0n) is 13.3. The van der Waals surface area contributed by atoms with Gasteiger partial charge in [0.15, 0.2) is 5.96 Å². The second kappa shape index (κ2) is 11.0. The molecular formula is C18H23FIN3. The van der Waals surface area contributed by atoms with Crippen LogP contribution in [0, 0.1) is 5.82 Å². The van der Waals surface area contributed by atoms with E-state index < -0.39 is 0 Å². The third-order valence-corrected chi connectivity index (χ3v) is 3.20. The summed E-state index contributed by atoms with van der Waals surface area (Å²) >= 11 is 0. The van der Waals surface area contributed by atoms with Gasteiger partial charge in [-0.15, -0.1) is 24.0 Å². The highest BCUT2D eigenvalue weighted by Gasteiger charge is 1.99. The lowest BCUT2D eigenvalue weighted by Crippen LogP contribution is -2.38. The Morgan fingerprint density at radius 1 is 1.00 bits per heavy atom. The summed E-state index contributed by atoms with van der Waals surface area (Å²) in [5, 5.41) is 6.50. The summed E-state index contributed by atoms with van der Waals surface area (Å²) in [4.78, 5) is 4.48. The summed E-state index contributed by atoms with van der Waals surface area (Å²) < 4.78 is 13.2. The average molecular weight is 427 g/mol. The number of aliphatic imine (C=N–C) groups is 1. The standard InChI is InChI=1S/C18H22FN3.HI/c1-2-20-18(21-12-11-15-7-4-3-5-8-15)22-14-16-9-6-10-17(19)13-16;/h3-10,13H,2,11-12,14H2,1H3,(H2,20,21,22);1H. The molecule has 0 radical (unpaired) electrons. The predicted molar refractivity (Wildman–Crippen MR) is 105 cm³/mol. The summed E-state index contributed by atoms with van der Waals surface area (Å²) in [6.07, 6.45) is 0.936. The van der Waals surface area contributed by atoms with Crippen LogP contribution in [0.25, 0.3) is 0 Å². The lowest BCUT2D eigenvalue weighted by atomic mass is 10.1. The normalized spacial score (nSPS) is 10.8. The molecule has 0 saturated heterocycles. The predicted octanol–water partition coefficient (Wildman–Crippen LogP) is 3.74. The van der Waals surface area contributed by atoms with Gasteiger partial charge in [-0.3, -0.25) is 0 Å². The maximum absolute atomic E-state index is 13.2. The highest BCUT2D eigenvalue weighted by Crippen LogP contribution is 2.04. The Bertz CT molecular complexity index is 602. The monoisotopic (exact) mass is 427 g/mol. The number of benzene rings is 2. The van der Waals surface area contributed by atoms with E-state index in [1.807, 2.05) is 31.2 Å². The molecule has 2 aromatic rings. The van der Waals surface area contributed by atoms with Crippen molar-refractivity contribution < 1.29 is 4.39 Å². The molecule has 0 spiro atoms. The fourth-order valence-corrected chi connectivity index (χ4v) is 2.12.